The fourth-order valence-electron chi connectivity index (χ4n) is 3.37. The van der Waals surface area contributed by atoms with Crippen LogP contribution in [-0.4, -0.2) is 38.1 Å². The molecule has 0 aliphatic rings. The molecule has 0 unspecified atom stereocenters. The van der Waals surface area contributed by atoms with Gasteiger partial charge in [0, 0.05) is 13.1 Å². The van der Waals surface area contributed by atoms with E-state index in [1.54, 1.807) is 0 Å². The molecule has 2 aromatic carbocycles. The van der Waals surface area contributed by atoms with Gasteiger partial charge >= 0.3 is 0 Å². The van der Waals surface area contributed by atoms with Gasteiger partial charge in [-0.25, -0.2) is 0 Å². The Bertz CT molecular complexity index is 822. The summed E-state index contributed by atoms with van der Waals surface area (Å²) in [6.45, 7) is 9.32. The van der Waals surface area contributed by atoms with E-state index < -0.39 is 0 Å². The van der Waals surface area contributed by atoms with Crippen LogP contribution in [0.3, 0.4) is 0 Å². The van der Waals surface area contributed by atoms with E-state index in [2.05, 4.69) is 10.6 Å². The monoisotopic (exact) mass is 440 g/mol. The van der Waals surface area contributed by atoms with E-state index in [1.165, 1.54) is 11.1 Å². The van der Waals surface area contributed by atoms with Gasteiger partial charge in [0.1, 0.15) is 11.5 Å². The molecule has 6 heteroatoms. The molecule has 2 aromatic rings. The van der Waals surface area contributed by atoms with E-state index in [-0.39, 0.29) is 25.0 Å². The van der Waals surface area contributed by atoms with Gasteiger partial charge in [0.05, 0.1) is 0 Å². The summed E-state index contributed by atoms with van der Waals surface area (Å²) < 4.78 is 11.2. The molecule has 0 saturated heterocycles. The molecule has 6 nitrogen and oxygen atoms in total. The van der Waals surface area contributed by atoms with Crippen molar-refractivity contribution in [3.8, 4) is 11.5 Å². The Balaban J connectivity index is 1.46. The zero-order valence-electron chi connectivity index (χ0n) is 19.8. The largest absolute Gasteiger partial charge is 0.484 e. The summed E-state index contributed by atoms with van der Waals surface area (Å²) in [6, 6.07) is 11.8. The summed E-state index contributed by atoms with van der Waals surface area (Å²) in [5.74, 6) is 1.27. The van der Waals surface area contributed by atoms with Gasteiger partial charge in [-0.2, -0.15) is 0 Å². The van der Waals surface area contributed by atoms with Gasteiger partial charge in [-0.05, 0) is 63.8 Å². The van der Waals surface area contributed by atoms with Crippen LogP contribution >= 0.6 is 0 Å². The highest BCUT2D eigenvalue weighted by atomic mass is 16.5. The Hall–Kier alpha value is -3.02. The molecular formula is C26H36N2O4. The Morgan fingerprint density at radius 2 is 1.06 bits per heavy atom. The summed E-state index contributed by atoms with van der Waals surface area (Å²) in [5.41, 5.74) is 4.40. The number of nitrogens with one attached hydrogen (secondary N) is 2. The van der Waals surface area contributed by atoms with Crippen molar-refractivity contribution in [3.63, 3.8) is 0 Å². The van der Waals surface area contributed by atoms with E-state index in [9.17, 15) is 9.59 Å². The van der Waals surface area contributed by atoms with Crippen molar-refractivity contribution in [2.24, 2.45) is 0 Å². The molecule has 2 amide bonds. The summed E-state index contributed by atoms with van der Waals surface area (Å²) in [5, 5.41) is 5.77. The van der Waals surface area contributed by atoms with Crippen LogP contribution in [0.1, 0.15) is 47.9 Å². The number of amides is 2. The van der Waals surface area contributed by atoms with Crippen LogP contribution < -0.4 is 20.1 Å². The third-order valence-corrected chi connectivity index (χ3v) is 5.13. The van der Waals surface area contributed by atoms with Gasteiger partial charge < -0.3 is 20.1 Å². The van der Waals surface area contributed by atoms with Gasteiger partial charge in [0.2, 0.25) is 0 Å². The summed E-state index contributed by atoms with van der Waals surface area (Å²) in [6.07, 6.45) is 3.79. The van der Waals surface area contributed by atoms with Crippen molar-refractivity contribution in [1.82, 2.24) is 10.6 Å². The summed E-state index contributed by atoms with van der Waals surface area (Å²) >= 11 is 0. The first-order chi connectivity index (χ1) is 15.3. The normalized spacial score (nSPS) is 10.5. The maximum Gasteiger partial charge on any atom is 0.257 e. The fraction of sp³-hybridized carbons (Fsp3) is 0.462. The van der Waals surface area contributed by atoms with Gasteiger partial charge in [-0.1, -0.05) is 48.2 Å². The number of carbonyl (C=O) groups excluding carboxylic acids is 2. The zero-order chi connectivity index (χ0) is 23.3. The molecule has 0 saturated carbocycles. The third kappa shape index (κ3) is 9.41. The predicted octanol–water partition coefficient (Wildman–Crippen LogP) is 4.17. The molecule has 0 fully saturated rings. The first-order valence-corrected chi connectivity index (χ1v) is 11.3. The summed E-state index contributed by atoms with van der Waals surface area (Å²) in [4.78, 5) is 23.8. The average Bonchev–Trinajstić information content (AvgIpc) is 2.74. The molecule has 0 bridgehead atoms. The lowest BCUT2D eigenvalue weighted by molar-refractivity contribution is -0.123. The predicted molar refractivity (Wildman–Crippen MR) is 127 cm³/mol. The lowest BCUT2D eigenvalue weighted by Crippen LogP contribution is -2.30. The van der Waals surface area contributed by atoms with Crippen LogP contribution in [0.5, 0.6) is 11.5 Å². The van der Waals surface area contributed by atoms with Crippen LogP contribution in [0.2, 0.25) is 0 Å². The molecule has 174 valence electrons. The number of carbonyl (C=O) groups is 2. The van der Waals surface area contributed by atoms with Crippen LogP contribution in [0.25, 0.3) is 0 Å². The maximum atomic E-state index is 11.9. The highest BCUT2D eigenvalue weighted by Gasteiger charge is 2.06. The minimum atomic E-state index is -0.110. The van der Waals surface area contributed by atoms with Crippen molar-refractivity contribution in [3.05, 3.63) is 58.7 Å². The maximum absolute atomic E-state index is 11.9. The van der Waals surface area contributed by atoms with Crippen LogP contribution in [0, 0.1) is 27.7 Å². The smallest absolute Gasteiger partial charge is 0.257 e. The number of hydrogen-bond acceptors (Lipinski definition) is 4. The Kier molecular flexibility index (Phi) is 10.6. The minimum absolute atomic E-state index is 0.0279. The number of unbranched alkanes of at least 4 members (excludes halogenated alkanes) is 3. The topological polar surface area (TPSA) is 76.7 Å². The van der Waals surface area contributed by atoms with Crippen molar-refractivity contribution in [1.29, 1.82) is 0 Å². The van der Waals surface area contributed by atoms with Crippen molar-refractivity contribution < 1.29 is 19.1 Å². The average molecular weight is 441 g/mol. The number of hydrogen-bond donors (Lipinski definition) is 2. The van der Waals surface area contributed by atoms with Gasteiger partial charge in [-0.15, -0.1) is 0 Å². The second-order valence-corrected chi connectivity index (χ2v) is 8.23. The Labute approximate surface area is 191 Å². The third-order valence-electron chi connectivity index (χ3n) is 5.13. The summed E-state index contributed by atoms with van der Waals surface area (Å²) in [7, 11) is 0. The van der Waals surface area contributed by atoms with Crippen LogP contribution in [0.4, 0.5) is 0 Å². The molecule has 0 heterocycles. The van der Waals surface area contributed by atoms with Crippen LogP contribution in [-0.2, 0) is 9.59 Å². The number of rotatable bonds is 13. The van der Waals surface area contributed by atoms with Crippen molar-refractivity contribution >= 4 is 11.8 Å². The molecule has 2 rings (SSSR count). The van der Waals surface area contributed by atoms with Gasteiger partial charge in [-0.3, -0.25) is 9.59 Å². The Morgan fingerprint density at radius 3 is 1.44 bits per heavy atom. The molecule has 0 aliphatic carbocycles. The molecule has 0 aromatic heterocycles. The lowest BCUT2D eigenvalue weighted by Gasteiger charge is -2.11. The molecule has 32 heavy (non-hydrogen) atoms. The zero-order valence-corrected chi connectivity index (χ0v) is 19.8. The molecular weight excluding hydrogens is 404 g/mol. The Morgan fingerprint density at radius 1 is 0.656 bits per heavy atom. The standard InChI is InChI=1S/C26H36N2O4/c1-19-9-11-23(21(3)15-19)31-17-25(29)27-13-7-5-6-8-14-28-26(30)18-32-24-12-10-20(2)16-22(24)4/h9-12,15-16H,5-8,13-14,17-18H2,1-4H3,(H,27,29)(H,28,30). The molecule has 2 N–H and O–H groups in total. The lowest BCUT2D eigenvalue weighted by atomic mass is 10.1. The first-order valence-electron chi connectivity index (χ1n) is 11.3. The number of benzene rings is 2. The van der Waals surface area contributed by atoms with E-state index in [4.69, 9.17) is 9.47 Å². The molecule has 0 spiro atoms. The van der Waals surface area contributed by atoms with Gasteiger partial charge in [0.25, 0.3) is 11.8 Å². The number of ether oxygens (including phenoxy) is 2. The second kappa shape index (κ2) is 13.4. The molecule has 0 atom stereocenters. The number of aryl methyl sites for hydroxylation is 4. The van der Waals surface area contributed by atoms with E-state index >= 15 is 0 Å². The SMILES string of the molecule is Cc1ccc(OCC(=O)NCCCCCCNC(=O)COc2ccc(C)cc2C)c(C)c1. The van der Waals surface area contributed by atoms with E-state index in [1.807, 2.05) is 64.1 Å². The highest BCUT2D eigenvalue weighted by Crippen LogP contribution is 2.19. The molecule has 0 aliphatic heterocycles. The molecule has 0 radical (unpaired) electrons. The first kappa shape index (κ1) is 25.2. The quantitative estimate of drug-likeness (QED) is 0.458. The van der Waals surface area contributed by atoms with E-state index in [0.717, 1.165) is 48.3 Å². The van der Waals surface area contributed by atoms with Crippen molar-refractivity contribution in [2.45, 2.75) is 53.4 Å². The van der Waals surface area contributed by atoms with E-state index in [0.29, 0.717) is 13.1 Å². The second-order valence-electron chi connectivity index (χ2n) is 8.23. The van der Waals surface area contributed by atoms with Crippen LogP contribution in [0.15, 0.2) is 36.4 Å². The fourth-order valence-corrected chi connectivity index (χ4v) is 3.37. The highest BCUT2D eigenvalue weighted by molar-refractivity contribution is 5.77. The minimum Gasteiger partial charge on any atom is -0.484 e. The van der Waals surface area contributed by atoms with Crippen molar-refractivity contribution in [2.75, 3.05) is 26.3 Å². The van der Waals surface area contributed by atoms with Gasteiger partial charge in [0.15, 0.2) is 13.2 Å².